The molecule has 0 radical (unpaired) electrons. The largest absolute Gasteiger partial charge is 0.466 e. The van der Waals surface area contributed by atoms with Gasteiger partial charge in [-0.05, 0) is 12.5 Å². The Balaban J connectivity index is 3.27. The molecule has 116 valence electrons. The van der Waals surface area contributed by atoms with E-state index in [2.05, 4.69) is 20.7 Å². The van der Waals surface area contributed by atoms with Crippen LogP contribution in [-0.2, 0) is 21.3 Å². The lowest BCUT2D eigenvalue weighted by Crippen LogP contribution is -2.11. The molecule has 0 spiro atoms. The number of carbonyl (C=O) groups excluding carboxylic acids is 1. The molecule has 0 saturated heterocycles. The van der Waals surface area contributed by atoms with Crippen LogP contribution in [0.4, 0.5) is 14.5 Å². The van der Waals surface area contributed by atoms with Crippen molar-refractivity contribution in [2.45, 2.75) is 25.3 Å². The zero-order chi connectivity index (χ0) is 16.0. The molecule has 0 saturated carbocycles. The summed E-state index contributed by atoms with van der Waals surface area (Å²) in [6.07, 6.45) is -0.268. The summed E-state index contributed by atoms with van der Waals surface area (Å²) >= 11 is 3.09. The van der Waals surface area contributed by atoms with Crippen molar-refractivity contribution in [2.75, 3.05) is 6.61 Å². The molecule has 0 heterocycles. The lowest BCUT2D eigenvalue weighted by molar-refractivity contribution is -0.385. The monoisotopic (exact) mass is 367 g/mol. The lowest BCUT2D eigenvalue weighted by Gasteiger charge is -2.13. The van der Waals surface area contributed by atoms with Crippen LogP contribution in [0.1, 0.15) is 18.1 Å². The van der Waals surface area contributed by atoms with Crippen molar-refractivity contribution in [3.63, 3.8) is 0 Å². The molecule has 0 aromatic heterocycles. The number of alkyl halides is 3. The Bertz CT molecular complexity index is 539. The summed E-state index contributed by atoms with van der Waals surface area (Å²) in [5.41, 5.74) is 0.0128. The molecular formula is C12H12BrF2NO5. The summed E-state index contributed by atoms with van der Waals surface area (Å²) in [6.45, 7) is -1.36. The van der Waals surface area contributed by atoms with Crippen LogP contribution in [-0.4, -0.2) is 24.1 Å². The Hall–Kier alpha value is -1.77. The Kier molecular flexibility index (Phi) is 6.47. The number of ether oxygens (including phenoxy) is 2. The van der Waals surface area contributed by atoms with Gasteiger partial charge in [0.2, 0.25) is 0 Å². The quantitative estimate of drug-likeness (QED) is 0.320. The van der Waals surface area contributed by atoms with Crippen LogP contribution in [0.15, 0.2) is 12.1 Å². The van der Waals surface area contributed by atoms with Gasteiger partial charge in [0.25, 0.3) is 5.69 Å². The van der Waals surface area contributed by atoms with E-state index in [1.165, 1.54) is 0 Å². The summed E-state index contributed by atoms with van der Waals surface area (Å²) in [4.78, 5) is 21.6. The normalized spacial score (nSPS) is 10.5. The number of hydrogen-bond acceptors (Lipinski definition) is 5. The van der Waals surface area contributed by atoms with Crippen molar-refractivity contribution in [3.8, 4) is 5.75 Å². The predicted molar refractivity (Wildman–Crippen MR) is 72.7 cm³/mol. The highest BCUT2D eigenvalue weighted by Gasteiger charge is 2.21. The van der Waals surface area contributed by atoms with Crippen LogP contribution in [0.2, 0.25) is 0 Å². The highest BCUT2D eigenvalue weighted by atomic mass is 79.9. The van der Waals surface area contributed by atoms with Gasteiger partial charge in [0.1, 0.15) is 5.75 Å². The first-order chi connectivity index (χ1) is 9.88. The van der Waals surface area contributed by atoms with E-state index >= 15 is 0 Å². The molecule has 0 aliphatic carbocycles. The molecule has 0 aliphatic heterocycles. The number of nitro benzene ring substituents is 1. The van der Waals surface area contributed by atoms with Gasteiger partial charge in [0, 0.05) is 17.0 Å². The average Bonchev–Trinajstić information content (AvgIpc) is 2.37. The average molecular weight is 368 g/mol. The van der Waals surface area contributed by atoms with Crippen molar-refractivity contribution < 1.29 is 28.0 Å². The molecule has 1 rings (SSSR count). The smallest absolute Gasteiger partial charge is 0.387 e. The fourth-order valence-electron chi connectivity index (χ4n) is 1.67. The molecule has 0 fully saturated rings. The number of halogens is 3. The molecule has 0 bridgehead atoms. The molecule has 0 unspecified atom stereocenters. The van der Waals surface area contributed by atoms with Gasteiger partial charge in [-0.15, -0.1) is 0 Å². The van der Waals surface area contributed by atoms with E-state index in [1.54, 1.807) is 6.92 Å². The SMILES string of the molecule is CCOC(=O)Cc1cc([N+](=O)[O-])cc(OC(F)F)c1CBr. The highest BCUT2D eigenvalue weighted by Crippen LogP contribution is 2.32. The standard InChI is InChI=1S/C12H12BrF2NO5/c1-2-20-11(17)4-7-3-8(16(18)19)5-10(9(7)6-13)21-12(14)15/h3,5,12H,2,4,6H2,1H3. The van der Waals surface area contributed by atoms with E-state index in [9.17, 15) is 23.7 Å². The Labute approximate surface area is 127 Å². The van der Waals surface area contributed by atoms with Crippen molar-refractivity contribution in [1.29, 1.82) is 0 Å². The van der Waals surface area contributed by atoms with Crippen molar-refractivity contribution in [1.82, 2.24) is 0 Å². The van der Waals surface area contributed by atoms with E-state index < -0.39 is 23.2 Å². The first kappa shape index (κ1) is 17.3. The number of hydrogen-bond donors (Lipinski definition) is 0. The fraction of sp³-hybridized carbons (Fsp3) is 0.417. The molecule has 1 aromatic carbocycles. The Morgan fingerprint density at radius 1 is 1.48 bits per heavy atom. The molecule has 0 aliphatic rings. The van der Waals surface area contributed by atoms with Crippen molar-refractivity contribution in [2.24, 2.45) is 0 Å². The predicted octanol–water partition coefficient (Wildman–Crippen LogP) is 3.20. The molecule has 6 nitrogen and oxygen atoms in total. The maximum absolute atomic E-state index is 12.4. The number of carbonyl (C=O) groups is 1. The minimum absolute atomic E-state index is 0.0990. The molecule has 0 atom stereocenters. The summed E-state index contributed by atoms with van der Waals surface area (Å²) in [7, 11) is 0. The van der Waals surface area contributed by atoms with Crippen LogP contribution in [0, 0.1) is 10.1 Å². The van der Waals surface area contributed by atoms with Gasteiger partial charge < -0.3 is 9.47 Å². The Morgan fingerprint density at radius 3 is 2.62 bits per heavy atom. The summed E-state index contributed by atoms with van der Waals surface area (Å²) in [5.74, 6) is -0.946. The zero-order valence-electron chi connectivity index (χ0n) is 11.0. The molecular weight excluding hydrogens is 356 g/mol. The van der Waals surface area contributed by atoms with Gasteiger partial charge >= 0.3 is 12.6 Å². The number of esters is 1. The number of non-ortho nitro benzene ring substituents is 1. The maximum atomic E-state index is 12.4. The molecule has 1 aromatic rings. The van der Waals surface area contributed by atoms with Crippen LogP contribution < -0.4 is 4.74 Å². The lowest BCUT2D eigenvalue weighted by atomic mass is 10.0. The van der Waals surface area contributed by atoms with Crippen LogP contribution in [0.5, 0.6) is 5.75 Å². The molecule has 21 heavy (non-hydrogen) atoms. The first-order valence-electron chi connectivity index (χ1n) is 5.85. The van der Waals surface area contributed by atoms with Gasteiger partial charge in [-0.25, -0.2) is 0 Å². The van der Waals surface area contributed by atoms with Gasteiger partial charge in [0.05, 0.1) is 24.0 Å². The van der Waals surface area contributed by atoms with E-state index in [0.717, 1.165) is 12.1 Å². The summed E-state index contributed by atoms with van der Waals surface area (Å²) < 4.78 is 33.8. The zero-order valence-corrected chi connectivity index (χ0v) is 12.6. The third-order valence-corrected chi connectivity index (χ3v) is 3.05. The van der Waals surface area contributed by atoms with Crippen molar-refractivity contribution >= 4 is 27.6 Å². The Morgan fingerprint density at radius 2 is 2.14 bits per heavy atom. The number of rotatable bonds is 7. The molecule has 9 heteroatoms. The second-order valence-electron chi connectivity index (χ2n) is 3.83. The number of benzene rings is 1. The topological polar surface area (TPSA) is 78.7 Å². The minimum atomic E-state index is -3.12. The third-order valence-electron chi connectivity index (χ3n) is 2.49. The number of nitrogens with zero attached hydrogens (tertiary/aromatic N) is 1. The highest BCUT2D eigenvalue weighted by molar-refractivity contribution is 9.08. The number of nitro groups is 1. The van der Waals surface area contributed by atoms with E-state index in [4.69, 9.17) is 4.74 Å². The molecule has 0 N–H and O–H groups in total. The second-order valence-corrected chi connectivity index (χ2v) is 4.39. The maximum Gasteiger partial charge on any atom is 0.387 e. The van der Waals surface area contributed by atoms with E-state index in [1.807, 2.05) is 0 Å². The van der Waals surface area contributed by atoms with Gasteiger partial charge in [-0.3, -0.25) is 14.9 Å². The van der Waals surface area contributed by atoms with Crippen LogP contribution in [0.3, 0.4) is 0 Å². The van der Waals surface area contributed by atoms with Crippen LogP contribution in [0.25, 0.3) is 0 Å². The van der Waals surface area contributed by atoms with Crippen molar-refractivity contribution in [3.05, 3.63) is 33.4 Å². The van der Waals surface area contributed by atoms with E-state index in [-0.39, 0.29) is 35.2 Å². The molecule has 0 amide bonds. The summed E-state index contributed by atoms with van der Waals surface area (Å²) in [5, 5.41) is 10.9. The third kappa shape index (κ3) is 4.92. The van der Waals surface area contributed by atoms with Gasteiger partial charge in [0.15, 0.2) is 0 Å². The van der Waals surface area contributed by atoms with Gasteiger partial charge in [-0.2, -0.15) is 8.78 Å². The van der Waals surface area contributed by atoms with E-state index in [0.29, 0.717) is 0 Å². The minimum Gasteiger partial charge on any atom is -0.466 e. The van der Waals surface area contributed by atoms with Crippen LogP contribution >= 0.6 is 15.9 Å². The second kappa shape index (κ2) is 7.87. The first-order valence-corrected chi connectivity index (χ1v) is 6.97. The summed E-state index contributed by atoms with van der Waals surface area (Å²) in [6, 6.07) is 2.04. The fourth-order valence-corrected chi connectivity index (χ4v) is 2.31. The van der Waals surface area contributed by atoms with Gasteiger partial charge in [-0.1, -0.05) is 15.9 Å².